The van der Waals surface area contributed by atoms with Gasteiger partial charge in [0.25, 0.3) is 5.56 Å². The smallest absolute Gasteiger partial charge is 0.338 e. The molecule has 0 aliphatic heterocycles. The van der Waals surface area contributed by atoms with E-state index in [1.165, 1.54) is 16.9 Å². The van der Waals surface area contributed by atoms with Crippen molar-refractivity contribution in [1.82, 2.24) is 9.55 Å². The molecule has 4 rings (SSSR count). The number of fused-ring (bicyclic) bond motifs is 3. The van der Waals surface area contributed by atoms with Crippen molar-refractivity contribution in [1.29, 1.82) is 0 Å². The first-order chi connectivity index (χ1) is 13.1. The molecule has 2 aromatic heterocycles. The van der Waals surface area contributed by atoms with Gasteiger partial charge in [0, 0.05) is 4.88 Å². The van der Waals surface area contributed by atoms with Gasteiger partial charge in [0.1, 0.15) is 10.7 Å². The molecule has 0 spiro atoms. The lowest BCUT2D eigenvalue weighted by atomic mass is 9.97. The lowest BCUT2D eigenvalue weighted by molar-refractivity contribution is 0.0526. The zero-order chi connectivity index (χ0) is 19.0. The van der Waals surface area contributed by atoms with Crippen LogP contribution in [0.3, 0.4) is 0 Å². The topological polar surface area (TPSA) is 61.2 Å². The third-order valence-electron chi connectivity index (χ3n) is 5.04. The average molecular weight is 382 g/mol. The van der Waals surface area contributed by atoms with Gasteiger partial charge < -0.3 is 4.74 Å². The molecule has 0 radical (unpaired) electrons. The van der Waals surface area contributed by atoms with Crippen molar-refractivity contribution in [2.75, 3.05) is 6.61 Å². The third-order valence-corrected chi connectivity index (χ3v) is 6.23. The van der Waals surface area contributed by atoms with Gasteiger partial charge in [0.15, 0.2) is 0 Å². The highest BCUT2D eigenvalue weighted by atomic mass is 32.1. The number of esters is 1. The minimum Gasteiger partial charge on any atom is -0.462 e. The minimum absolute atomic E-state index is 0.0263. The number of rotatable bonds is 4. The first-order valence-electron chi connectivity index (χ1n) is 9.36. The van der Waals surface area contributed by atoms with Gasteiger partial charge in [-0.3, -0.25) is 9.36 Å². The molecule has 0 saturated carbocycles. The second-order valence-corrected chi connectivity index (χ2v) is 7.95. The standard InChI is InChI=1S/C21H22N2O3S/c1-3-26-21(25)15-8-6-7-14(11-15)12-23-13(2)22-19-18(20(23)24)16-9-4-5-10-17(16)27-19/h6-8,11H,3-5,9-10,12H2,1-2H3. The van der Waals surface area contributed by atoms with Gasteiger partial charge in [-0.05, 0) is 62.8 Å². The quantitative estimate of drug-likeness (QED) is 0.643. The van der Waals surface area contributed by atoms with Crippen LogP contribution in [0.2, 0.25) is 0 Å². The summed E-state index contributed by atoms with van der Waals surface area (Å²) in [6.07, 6.45) is 4.34. The summed E-state index contributed by atoms with van der Waals surface area (Å²) in [5.74, 6) is 0.358. The second kappa shape index (κ2) is 7.27. The summed E-state index contributed by atoms with van der Waals surface area (Å²) in [6, 6.07) is 7.26. The molecule has 27 heavy (non-hydrogen) atoms. The van der Waals surface area contributed by atoms with Crippen molar-refractivity contribution in [3.8, 4) is 0 Å². The van der Waals surface area contributed by atoms with Crippen molar-refractivity contribution >= 4 is 27.5 Å². The molecule has 1 aliphatic carbocycles. The highest BCUT2D eigenvalue weighted by Gasteiger charge is 2.21. The first kappa shape index (κ1) is 17.9. The van der Waals surface area contributed by atoms with Crippen molar-refractivity contribution in [3.63, 3.8) is 0 Å². The summed E-state index contributed by atoms with van der Waals surface area (Å²) in [7, 11) is 0. The molecule has 1 aromatic carbocycles. The number of carbonyl (C=O) groups is 1. The molecule has 5 nitrogen and oxygen atoms in total. The zero-order valence-corrected chi connectivity index (χ0v) is 16.4. The van der Waals surface area contributed by atoms with Gasteiger partial charge in [0.2, 0.25) is 0 Å². The Labute approximate surface area is 161 Å². The normalized spacial score (nSPS) is 13.6. The van der Waals surface area contributed by atoms with E-state index in [2.05, 4.69) is 0 Å². The van der Waals surface area contributed by atoms with Gasteiger partial charge in [-0.2, -0.15) is 0 Å². The van der Waals surface area contributed by atoms with Crippen LogP contribution < -0.4 is 5.56 Å². The van der Waals surface area contributed by atoms with E-state index in [0.29, 0.717) is 24.5 Å². The van der Waals surface area contributed by atoms with Crippen molar-refractivity contribution in [2.24, 2.45) is 0 Å². The number of hydrogen-bond acceptors (Lipinski definition) is 5. The van der Waals surface area contributed by atoms with E-state index in [1.54, 1.807) is 35.0 Å². The number of thiophene rings is 1. The van der Waals surface area contributed by atoms with Crippen molar-refractivity contribution in [3.05, 3.63) is 62.0 Å². The Balaban J connectivity index is 1.75. The first-order valence-corrected chi connectivity index (χ1v) is 10.2. The molecule has 140 valence electrons. The predicted octanol–water partition coefficient (Wildman–Crippen LogP) is 3.87. The average Bonchev–Trinajstić information content (AvgIpc) is 3.03. The fraction of sp³-hybridized carbons (Fsp3) is 0.381. The van der Waals surface area contributed by atoms with E-state index < -0.39 is 0 Å². The predicted molar refractivity (Wildman–Crippen MR) is 107 cm³/mol. The number of aryl methyl sites for hydroxylation is 3. The van der Waals surface area contributed by atoms with Gasteiger partial charge in [-0.25, -0.2) is 9.78 Å². The number of hydrogen-bond donors (Lipinski definition) is 0. The Morgan fingerprint density at radius 1 is 1.30 bits per heavy atom. The molecular formula is C21H22N2O3S. The molecule has 0 N–H and O–H groups in total. The Hall–Kier alpha value is -2.47. The van der Waals surface area contributed by atoms with Crippen LogP contribution in [-0.2, 0) is 24.1 Å². The summed E-state index contributed by atoms with van der Waals surface area (Å²) in [6.45, 7) is 4.39. The highest BCUT2D eigenvalue weighted by molar-refractivity contribution is 7.18. The fourth-order valence-electron chi connectivity index (χ4n) is 3.72. The van der Waals surface area contributed by atoms with Gasteiger partial charge in [-0.15, -0.1) is 11.3 Å². The molecule has 1 aliphatic rings. The third kappa shape index (κ3) is 3.30. The minimum atomic E-state index is -0.344. The summed E-state index contributed by atoms with van der Waals surface area (Å²) < 4.78 is 6.79. The summed E-state index contributed by atoms with van der Waals surface area (Å²) >= 11 is 1.67. The van der Waals surface area contributed by atoms with Crippen LogP contribution in [0, 0.1) is 6.92 Å². The Kier molecular flexibility index (Phi) is 4.83. The summed E-state index contributed by atoms with van der Waals surface area (Å²) in [4.78, 5) is 32.1. The fourth-order valence-corrected chi connectivity index (χ4v) is 5.02. The van der Waals surface area contributed by atoms with Crippen LogP contribution in [-0.4, -0.2) is 22.1 Å². The molecule has 6 heteroatoms. The molecule has 0 amide bonds. The summed E-state index contributed by atoms with van der Waals surface area (Å²) in [5.41, 5.74) is 2.62. The number of nitrogens with zero attached hydrogens (tertiary/aromatic N) is 2. The molecular weight excluding hydrogens is 360 g/mol. The van der Waals surface area contributed by atoms with Gasteiger partial charge in [0.05, 0.1) is 24.1 Å². The van der Waals surface area contributed by atoms with E-state index in [-0.39, 0.29) is 11.5 Å². The maximum Gasteiger partial charge on any atom is 0.338 e. The molecule has 0 saturated heterocycles. The van der Waals surface area contributed by atoms with Crippen molar-refractivity contribution in [2.45, 2.75) is 46.1 Å². The van der Waals surface area contributed by atoms with Crippen LogP contribution in [0.25, 0.3) is 10.2 Å². The zero-order valence-electron chi connectivity index (χ0n) is 15.6. The van der Waals surface area contributed by atoms with Crippen LogP contribution in [0.15, 0.2) is 29.1 Å². The molecule has 0 unspecified atom stereocenters. The molecule has 0 fully saturated rings. The Morgan fingerprint density at radius 3 is 2.93 bits per heavy atom. The maximum absolute atomic E-state index is 13.2. The van der Waals surface area contributed by atoms with Gasteiger partial charge in [-0.1, -0.05) is 12.1 Å². The Bertz CT molecular complexity index is 1080. The van der Waals surface area contributed by atoms with Gasteiger partial charge >= 0.3 is 5.97 Å². The number of carbonyl (C=O) groups excluding carboxylic acids is 1. The van der Waals surface area contributed by atoms with E-state index in [9.17, 15) is 9.59 Å². The number of benzene rings is 1. The number of ether oxygens (including phenoxy) is 1. The SMILES string of the molecule is CCOC(=O)c1cccc(Cn2c(C)nc3sc4c(c3c2=O)CCCC4)c1. The van der Waals surface area contributed by atoms with Crippen LogP contribution in [0.1, 0.15) is 52.0 Å². The molecule has 0 bridgehead atoms. The Morgan fingerprint density at radius 2 is 2.11 bits per heavy atom. The van der Waals surface area contributed by atoms with E-state index >= 15 is 0 Å². The highest BCUT2D eigenvalue weighted by Crippen LogP contribution is 2.33. The second-order valence-electron chi connectivity index (χ2n) is 6.86. The van der Waals surface area contributed by atoms with E-state index in [4.69, 9.17) is 9.72 Å². The van der Waals surface area contributed by atoms with Crippen LogP contribution in [0.5, 0.6) is 0 Å². The maximum atomic E-state index is 13.2. The monoisotopic (exact) mass is 382 g/mol. The molecule has 3 aromatic rings. The molecule has 0 atom stereocenters. The van der Waals surface area contributed by atoms with E-state index in [1.807, 2.05) is 19.1 Å². The van der Waals surface area contributed by atoms with E-state index in [0.717, 1.165) is 35.0 Å². The summed E-state index contributed by atoms with van der Waals surface area (Å²) in [5, 5.41) is 0.793. The lowest BCUT2D eigenvalue weighted by Crippen LogP contribution is -2.25. The van der Waals surface area contributed by atoms with Crippen LogP contribution in [0.4, 0.5) is 0 Å². The molecule has 2 heterocycles. The number of aromatic nitrogens is 2. The van der Waals surface area contributed by atoms with Crippen molar-refractivity contribution < 1.29 is 9.53 Å². The lowest BCUT2D eigenvalue weighted by Gasteiger charge is -2.12. The van der Waals surface area contributed by atoms with Crippen LogP contribution >= 0.6 is 11.3 Å². The largest absolute Gasteiger partial charge is 0.462 e.